The average molecular weight is 254 g/mol. The van der Waals surface area contributed by atoms with Gasteiger partial charge >= 0.3 is 0 Å². The van der Waals surface area contributed by atoms with Crippen molar-refractivity contribution in [3.8, 4) is 0 Å². The Kier molecular flexibility index (Phi) is 4.62. The Morgan fingerprint density at radius 3 is 2.78 bits per heavy atom. The molecule has 2 rings (SSSR count). The first-order valence-corrected chi connectivity index (χ1v) is 7.32. The van der Waals surface area contributed by atoms with Crippen LogP contribution in [-0.2, 0) is 4.79 Å². The summed E-state index contributed by atoms with van der Waals surface area (Å²) in [6.07, 6.45) is 6.71. The molecule has 0 bridgehead atoms. The number of rotatable bonds is 2. The minimum atomic E-state index is -0.364. The first-order valence-electron chi connectivity index (χ1n) is 7.32. The number of carbonyl (C=O) groups is 1. The van der Waals surface area contributed by atoms with E-state index in [0.717, 1.165) is 51.6 Å². The maximum atomic E-state index is 12.4. The van der Waals surface area contributed by atoms with Crippen LogP contribution in [0.5, 0.6) is 0 Å². The number of piperidine rings is 1. The summed E-state index contributed by atoms with van der Waals surface area (Å²) in [6.45, 7) is 3.79. The number of hydrogen-bond acceptors (Lipinski definition) is 3. The molecule has 4 nitrogen and oxygen atoms in total. The highest BCUT2D eigenvalue weighted by Gasteiger charge is 2.36. The molecule has 1 saturated carbocycles. The van der Waals surface area contributed by atoms with Crippen LogP contribution >= 0.6 is 0 Å². The van der Waals surface area contributed by atoms with Gasteiger partial charge in [0.25, 0.3) is 0 Å². The quantitative estimate of drug-likeness (QED) is 0.649. The van der Waals surface area contributed by atoms with Gasteiger partial charge in [0.2, 0.25) is 5.91 Å². The van der Waals surface area contributed by atoms with Gasteiger partial charge in [0.05, 0.1) is 17.6 Å². The predicted octanol–water partition coefficient (Wildman–Crippen LogP) is 1.19. The number of hydrogen-bond donors (Lipinski definition) is 3. The van der Waals surface area contributed by atoms with Gasteiger partial charge in [-0.3, -0.25) is 4.79 Å². The lowest BCUT2D eigenvalue weighted by Crippen LogP contribution is -2.53. The highest BCUT2D eigenvalue weighted by atomic mass is 16.3. The zero-order valence-electron chi connectivity index (χ0n) is 11.4. The number of carbonyl (C=O) groups excluding carboxylic acids is 1. The highest BCUT2D eigenvalue weighted by molar-refractivity contribution is 5.83. The number of aliphatic hydroxyl groups is 1. The summed E-state index contributed by atoms with van der Waals surface area (Å²) < 4.78 is 0. The predicted molar refractivity (Wildman–Crippen MR) is 71.2 cm³/mol. The molecule has 1 aliphatic heterocycles. The average Bonchev–Trinajstić information content (AvgIpc) is 2.56. The van der Waals surface area contributed by atoms with Crippen molar-refractivity contribution in [2.24, 2.45) is 5.41 Å². The van der Waals surface area contributed by atoms with Crippen molar-refractivity contribution in [3.05, 3.63) is 0 Å². The zero-order valence-corrected chi connectivity index (χ0v) is 11.4. The molecule has 0 aromatic carbocycles. The van der Waals surface area contributed by atoms with Gasteiger partial charge in [-0.15, -0.1) is 0 Å². The minimum absolute atomic E-state index is 0.0428. The maximum absolute atomic E-state index is 12.4. The van der Waals surface area contributed by atoms with E-state index in [1.165, 1.54) is 6.42 Å². The molecular weight excluding hydrogens is 228 g/mol. The molecule has 3 atom stereocenters. The Labute approximate surface area is 110 Å². The summed E-state index contributed by atoms with van der Waals surface area (Å²) in [5.74, 6) is 0.112. The molecule has 0 aromatic heterocycles. The van der Waals surface area contributed by atoms with Gasteiger partial charge in [0.15, 0.2) is 0 Å². The van der Waals surface area contributed by atoms with Crippen molar-refractivity contribution >= 4 is 5.91 Å². The van der Waals surface area contributed by atoms with E-state index in [-0.39, 0.29) is 23.5 Å². The fraction of sp³-hybridized carbons (Fsp3) is 0.929. The molecule has 1 saturated heterocycles. The molecule has 2 aliphatic rings. The summed E-state index contributed by atoms with van der Waals surface area (Å²) in [5, 5.41) is 16.4. The minimum Gasteiger partial charge on any atom is -0.391 e. The van der Waals surface area contributed by atoms with E-state index in [1.54, 1.807) is 0 Å². The second-order valence-electron chi connectivity index (χ2n) is 6.13. The number of aliphatic hydroxyl groups excluding tert-OH is 1. The molecule has 1 aliphatic carbocycles. The van der Waals surface area contributed by atoms with E-state index < -0.39 is 0 Å². The Morgan fingerprint density at radius 2 is 2.06 bits per heavy atom. The van der Waals surface area contributed by atoms with Gasteiger partial charge < -0.3 is 15.7 Å². The van der Waals surface area contributed by atoms with E-state index in [9.17, 15) is 9.90 Å². The van der Waals surface area contributed by atoms with Crippen molar-refractivity contribution in [1.29, 1.82) is 0 Å². The van der Waals surface area contributed by atoms with E-state index in [0.29, 0.717) is 0 Å². The molecule has 18 heavy (non-hydrogen) atoms. The van der Waals surface area contributed by atoms with Crippen LogP contribution in [0.25, 0.3) is 0 Å². The molecule has 2 fully saturated rings. The first-order chi connectivity index (χ1) is 8.62. The Hall–Kier alpha value is -0.610. The third kappa shape index (κ3) is 3.23. The van der Waals surface area contributed by atoms with Gasteiger partial charge in [-0.2, -0.15) is 0 Å². The van der Waals surface area contributed by atoms with Crippen molar-refractivity contribution in [2.75, 3.05) is 13.1 Å². The number of amides is 1. The molecule has 4 heteroatoms. The fourth-order valence-electron chi connectivity index (χ4n) is 3.05. The van der Waals surface area contributed by atoms with E-state index in [2.05, 4.69) is 10.6 Å². The van der Waals surface area contributed by atoms with E-state index >= 15 is 0 Å². The highest BCUT2D eigenvalue weighted by Crippen LogP contribution is 2.27. The Balaban J connectivity index is 1.92. The lowest BCUT2D eigenvalue weighted by Gasteiger charge is -2.35. The van der Waals surface area contributed by atoms with Crippen molar-refractivity contribution in [3.63, 3.8) is 0 Å². The Bertz CT molecular complexity index is 288. The van der Waals surface area contributed by atoms with Crippen molar-refractivity contribution < 1.29 is 9.90 Å². The van der Waals surface area contributed by atoms with Crippen molar-refractivity contribution in [2.45, 2.75) is 64.0 Å². The van der Waals surface area contributed by atoms with Crippen LogP contribution in [0.15, 0.2) is 0 Å². The molecule has 1 heterocycles. The largest absolute Gasteiger partial charge is 0.391 e. The van der Waals surface area contributed by atoms with Gasteiger partial charge in [0.1, 0.15) is 0 Å². The third-order valence-corrected chi connectivity index (χ3v) is 4.44. The summed E-state index contributed by atoms with van der Waals surface area (Å²) in [7, 11) is 0. The first kappa shape index (κ1) is 13.8. The normalized spacial score (nSPS) is 37.9. The van der Waals surface area contributed by atoms with Gasteiger partial charge in [-0.25, -0.2) is 0 Å². The van der Waals surface area contributed by atoms with Crippen LogP contribution in [0.3, 0.4) is 0 Å². The lowest BCUT2D eigenvalue weighted by molar-refractivity contribution is -0.132. The molecule has 1 amide bonds. The van der Waals surface area contributed by atoms with Gasteiger partial charge in [0, 0.05) is 6.54 Å². The smallest absolute Gasteiger partial charge is 0.227 e. The summed E-state index contributed by atoms with van der Waals surface area (Å²) in [6, 6.07) is -0.0428. The fourth-order valence-corrected chi connectivity index (χ4v) is 3.05. The SMILES string of the molecule is CC1(C(=O)NC2CCCCCC2O)CCCNC1. The molecule has 3 unspecified atom stereocenters. The third-order valence-electron chi connectivity index (χ3n) is 4.44. The molecule has 0 radical (unpaired) electrons. The second-order valence-corrected chi connectivity index (χ2v) is 6.13. The topological polar surface area (TPSA) is 61.4 Å². The maximum Gasteiger partial charge on any atom is 0.227 e. The molecule has 0 spiro atoms. The Morgan fingerprint density at radius 1 is 1.28 bits per heavy atom. The summed E-state index contributed by atoms with van der Waals surface area (Å²) >= 11 is 0. The summed E-state index contributed by atoms with van der Waals surface area (Å²) in [5.41, 5.74) is -0.301. The molecule has 3 N–H and O–H groups in total. The monoisotopic (exact) mass is 254 g/mol. The van der Waals surface area contributed by atoms with Gasteiger partial charge in [-0.05, 0) is 39.2 Å². The van der Waals surface area contributed by atoms with Crippen LogP contribution in [0.1, 0.15) is 51.9 Å². The second kappa shape index (κ2) is 6.02. The summed E-state index contributed by atoms with van der Waals surface area (Å²) in [4.78, 5) is 12.4. The number of nitrogens with one attached hydrogen (secondary N) is 2. The standard InChI is InChI=1S/C14H26N2O2/c1-14(8-5-9-15-10-14)13(18)16-11-6-3-2-4-7-12(11)17/h11-12,15,17H,2-10H2,1H3,(H,16,18). The molecular formula is C14H26N2O2. The van der Waals surface area contributed by atoms with Crippen LogP contribution in [0.4, 0.5) is 0 Å². The molecule has 0 aromatic rings. The van der Waals surface area contributed by atoms with Crippen LogP contribution in [-0.4, -0.2) is 36.2 Å². The van der Waals surface area contributed by atoms with E-state index in [1.807, 2.05) is 6.92 Å². The lowest BCUT2D eigenvalue weighted by atomic mass is 9.81. The molecule has 104 valence electrons. The van der Waals surface area contributed by atoms with E-state index in [4.69, 9.17) is 0 Å². The van der Waals surface area contributed by atoms with Gasteiger partial charge in [-0.1, -0.05) is 19.3 Å². The zero-order chi connectivity index (χ0) is 13.0. The van der Waals surface area contributed by atoms with Crippen LogP contribution in [0, 0.1) is 5.41 Å². The van der Waals surface area contributed by atoms with Crippen molar-refractivity contribution in [1.82, 2.24) is 10.6 Å². The van der Waals surface area contributed by atoms with Crippen LogP contribution < -0.4 is 10.6 Å². The van der Waals surface area contributed by atoms with Crippen LogP contribution in [0.2, 0.25) is 0 Å².